The maximum Gasteiger partial charge on any atom is 0.319 e. The number of urea groups is 1. The molecule has 196 valence electrons. The maximum atomic E-state index is 13.5. The van der Waals surface area contributed by atoms with Gasteiger partial charge in [0.25, 0.3) is 0 Å². The number of amides is 2. The van der Waals surface area contributed by atoms with Crippen molar-refractivity contribution in [3.63, 3.8) is 0 Å². The highest BCUT2D eigenvalue weighted by atomic mass is 19.1. The summed E-state index contributed by atoms with van der Waals surface area (Å²) < 4.78 is 15.2. The Labute approximate surface area is 217 Å². The van der Waals surface area contributed by atoms with E-state index in [1.165, 1.54) is 12.0 Å². The van der Waals surface area contributed by atoms with Gasteiger partial charge in [-0.05, 0) is 102 Å². The Hall–Kier alpha value is -3.33. The normalized spacial score (nSPS) is 21.3. The zero-order chi connectivity index (χ0) is 25.8. The van der Waals surface area contributed by atoms with Crippen molar-refractivity contribution in [2.45, 2.75) is 70.4 Å². The second-order valence-corrected chi connectivity index (χ2v) is 10.4. The first-order valence-corrected chi connectivity index (χ1v) is 13.4. The summed E-state index contributed by atoms with van der Waals surface area (Å²) in [6.07, 6.45) is 8.08. The lowest BCUT2D eigenvalue weighted by Gasteiger charge is -2.34. The molecule has 2 amide bonds. The number of hydrogen-bond donors (Lipinski definition) is 3. The lowest BCUT2D eigenvalue weighted by Crippen LogP contribution is -2.48. The number of anilines is 1. The van der Waals surface area contributed by atoms with Crippen LogP contribution in [0.3, 0.4) is 0 Å². The number of benzene rings is 2. The molecule has 3 aromatic rings. The number of nitrogens with zero attached hydrogens (tertiary/aromatic N) is 4. The minimum absolute atomic E-state index is 0.128. The lowest BCUT2D eigenvalue weighted by molar-refractivity contribution is 0.222. The minimum Gasteiger partial charge on any atom is -0.335 e. The molecular formula is C28H36FN7O. The number of halogens is 1. The van der Waals surface area contributed by atoms with Crippen molar-refractivity contribution in [3.05, 3.63) is 58.9 Å². The first-order valence-electron chi connectivity index (χ1n) is 13.4. The molecule has 0 aliphatic heterocycles. The fraction of sp³-hybridized carbons (Fsp3) is 0.500. The van der Waals surface area contributed by atoms with E-state index in [4.69, 9.17) is 0 Å². The van der Waals surface area contributed by atoms with Crippen LogP contribution in [0.25, 0.3) is 11.4 Å². The Kier molecular flexibility index (Phi) is 7.79. The summed E-state index contributed by atoms with van der Waals surface area (Å²) in [6, 6.07) is 11.5. The molecule has 0 saturated heterocycles. The molecule has 1 fully saturated rings. The fourth-order valence-corrected chi connectivity index (χ4v) is 5.76. The van der Waals surface area contributed by atoms with Crippen LogP contribution < -0.4 is 16.0 Å². The van der Waals surface area contributed by atoms with Gasteiger partial charge < -0.3 is 16.0 Å². The molecule has 9 heteroatoms. The number of hydrogen-bond acceptors (Lipinski definition) is 5. The largest absolute Gasteiger partial charge is 0.335 e. The molecule has 5 rings (SSSR count). The number of nitrogens with one attached hydrogen (secondary N) is 3. The molecule has 2 aliphatic rings. The molecule has 0 radical (unpaired) electrons. The maximum absolute atomic E-state index is 13.5. The van der Waals surface area contributed by atoms with Gasteiger partial charge >= 0.3 is 6.03 Å². The minimum atomic E-state index is -0.180. The zero-order valence-corrected chi connectivity index (χ0v) is 21.6. The average Bonchev–Trinajstić information content (AvgIpc) is 3.33. The molecule has 37 heavy (non-hydrogen) atoms. The van der Waals surface area contributed by atoms with E-state index in [2.05, 4.69) is 44.5 Å². The SMILES string of the molecule is CCc1cc(NC(=O)N[C@@H]2CCCC[C@H]2CN[C@H]2CCc3cc(F)ccc3C2)cc(-c2nnnn2C)c1. The van der Waals surface area contributed by atoms with E-state index in [0.717, 1.165) is 73.9 Å². The van der Waals surface area contributed by atoms with Gasteiger partial charge in [0.2, 0.25) is 0 Å². The Morgan fingerprint density at radius 3 is 2.78 bits per heavy atom. The Morgan fingerprint density at radius 2 is 1.97 bits per heavy atom. The average molecular weight is 506 g/mol. The molecule has 1 heterocycles. The van der Waals surface area contributed by atoms with Gasteiger partial charge in [-0.15, -0.1) is 5.10 Å². The molecule has 1 saturated carbocycles. The highest BCUT2D eigenvalue weighted by Crippen LogP contribution is 2.27. The third-order valence-corrected chi connectivity index (χ3v) is 7.83. The highest BCUT2D eigenvalue weighted by molar-refractivity contribution is 5.90. The molecule has 8 nitrogen and oxygen atoms in total. The summed E-state index contributed by atoms with van der Waals surface area (Å²) in [6.45, 7) is 2.96. The van der Waals surface area contributed by atoms with Gasteiger partial charge in [0.05, 0.1) is 0 Å². The number of carbonyl (C=O) groups excluding carboxylic acids is 1. The number of fused-ring (bicyclic) bond motifs is 1. The summed E-state index contributed by atoms with van der Waals surface area (Å²) >= 11 is 0. The van der Waals surface area contributed by atoms with Crippen molar-refractivity contribution in [2.75, 3.05) is 11.9 Å². The smallest absolute Gasteiger partial charge is 0.319 e. The van der Waals surface area contributed by atoms with Crippen LogP contribution in [0.2, 0.25) is 0 Å². The van der Waals surface area contributed by atoms with Gasteiger partial charge in [0, 0.05) is 36.9 Å². The number of carbonyl (C=O) groups is 1. The van der Waals surface area contributed by atoms with E-state index in [-0.39, 0.29) is 17.9 Å². The Morgan fingerprint density at radius 1 is 1.11 bits per heavy atom. The van der Waals surface area contributed by atoms with Crippen molar-refractivity contribution >= 4 is 11.7 Å². The van der Waals surface area contributed by atoms with Gasteiger partial charge in [-0.1, -0.05) is 25.8 Å². The van der Waals surface area contributed by atoms with Gasteiger partial charge in [-0.2, -0.15) is 0 Å². The van der Waals surface area contributed by atoms with E-state index in [0.29, 0.717) is 17.8 Å². The van der Waals surface area contributed by atoms with E-state index >= 15 is 0 Å². The molecular weight excluding hydrogens is 469 g/mol. The summed E-state index contributed by atoms with van der Waals surface area (Å²) in [5, 5.41) is 21.8. The van der Waals surface area contributed by atoms with Crippen LogP contribution in [0.15, 0.2) is 36.4 Å². The van der Waals surface area contributed by atoms with Crippen LogP contribution in [0.4, 0.5) is 14.9 Å². The summed E-state index contributed by atoms with van der Waals surface area (Å²) in [7, 11) is 1.80. The van der Waals surface area contributed by atoms with Crippen molar-refractivity contribution < 1.29 is 9.18 Å². The zero-order valence-electron chi connectivity index (χ0n) is 21.6. The first-order chi connectivity index (χ1) is 18.0. The highest BCUT2D eigenvalue weighted by Gasteiger charge is 2.28. The van der Waals surface area contributed by atoms with Crippen LogP contribution in [-0.4, -0.2) is 44.9 Å². The van der Waals surface area contributed by atoms with Gasteiger partial charge in [0.1, 0.15) is 5.82 Å². The third-order valence-electron chi connectivity index (χ3n) is 7.83. The van der Waals surface area contributed by atoms with Gasteiger partial charge in [0.15, 0.2) is 5.82 Å². The second kappa shape index (κ2) is 11.4. The molecule has 0 unspecified atom stereocenters. The molecule has 2 aromatic carbocycles. The Bertz CT molecular complexity index is 1240. The van der Waals surface area contributed by atoms with E-state index in [1.807, 2.05) is 18.2 Å². The number of aromatic nitrogens is 4. The first kappa shape index (κ1) is 25.3. The number of tetrazole rings is 1. The van der Waals surface area contributed by atoms with E-state index in [1.54, 1.807) is 23.9 Å². The van der Waals surface area contributed by atoms with E-state index in [9.17, 15) is 9.18 Å². The molecule has 3 atom stereocenters. The van der Waals surface area contributed by atoms with Crippen LogP contribution in [-0.2, 0) is 26.3 Å². The summed E-state index contributed by atoms with van der Waals surface area (Å²) in [5.41, 5.74) is 5.09. The van der Waals surface area contributed by atoms with Crippen LogP contribution in [0, 0.1) is 11.7 Å². The molecule has 0 bridgehead atoms. The quantitative estimate of drug-likeness (QED) is 0.442. The summed E-state index contributed by atoms with van der Waals surface area (Å²) in [5.74, 6) is 0.895. The monoisotopic (exact) mass is 505 g/mol. The molecule has 1 aromatic heterocycles. The van der Waals surface area contributed by atoms with Gasteiger partial charge in [-0.25, -0.2) is 13.9 Å². The van der Waals surface area contributed by atoms with Crippen molar-refractivity contribution in [1.29, 1.82) is 0 Å². The van der Waals surface area contributed by atoms with Crippen molar-refractivity contribution in [2.24, 2.45) is 13.0 Å². The van der Waals surface area contributed by atoms with E-state index < -0.39 is 0 Å². The van der Waals surface area contributed by atoms with Crippen LogP contribution in [0.5, 0.6) is 0 Å². The molecule has 3 N–H and O–H groups in total. The molecule has 0 spiro atoms. The predicted octanol–water partition coefficient (Wildman–Crippen LogP) is 4.41. The second-order valence-electron chi connectivity index (χ2n) is 10.4. The lowest BCUT2D eigenvalue weighted by atomic mass is 9.83. The summed E-state index contributed by atoms with van der Waals surface area (Å²) in [4.78, 5) is 13.0. The Balaban J connectivity index is 1.19. The van der Waals surface area contributed by atoms with Crippen LogP contribution in [0.1, 0.15) is 55.7 Å². The van der Waals surface area contributed by atoms with Crippen molar-refractivity contribution in [3.8, 4) is 11.4 Å². The number of aryl methyl sites for hydroxylation is 3. The standard InChI is InChI=1S/C28H36FN7O/c1-3-18-12-22(27-33-34-35-36(27)2)16-25(13-18)31-28(37)32-26-7-5-4-6-21(26)17-30-24-11-9-19-14-23(29)10-8-20(19)15-24/h8,10,12-14,16,21,24,26,30H,3-7,9,11,15,17H2,1-2H3,(H2,31,32,37)/t21-,24-,26+/m0/s1. The fourth-order valence-electron chi connectivity index (χ4n) is 5.76. The van der Waals surface area contributed by atoms with Crippen LogP contribution >= 0.6 is 0 Å². The van der Waals surface area contributed by atoms with Gasteiger partial charge in [-0.3, -0.25) is 0 Å². The number of rotatable bonds is 7. The van der Waals surface area contributed by atoms with Crippen molar-refractivity contribution in [1.82, 2.24) is 30.8 Å². The molecule has 2 aliphatic carbocycles. The third kappa shape index (κ3) is 6.15. The topological polar surface area (TPSA) is 96.8 Å². The predicted molar refractivity (Wildman–Crippen MR) is 142 cm³/mol.